The van der Waals surface area contributed by atoms with Crippen molar-refractivity contribution in [3.8, 4) is 0 Å². The second-order valence-electron chi connectivity index (χ2n) is 7.76. The minimum absolute atomic E-state index is 0.0117. The van der Waals surface area contributed by atoms with Crippen LogP contribution in [-0.4, -0.2) is 43.9 Å². The molecule has 2 aliphatic heterocycles. The van der Waals surface area contributed by atoms with Gasteiger partial charge >= 0.3 is 0 Å². The van der Waals surface area contributed by atoms with Crippen molar-refractivity contribution < 1.29 is 13.2 Å². The molecule has 2 saturated heterocycles. The molecule has 7 heteroatoms. The fraction of sp³-hybridized carbons (Fsp3) is 0.409. The lowest BCUT2D eigenvalue weighted by Gasteiger charge is -2.42. The third-order valence-corrected chi connectivity index (χ3v) is 7.97. The van der Waals surface area contributed by atoms with Gasteiger partial charge in [0.05, 0.1) is 11.6 Å². The number of benzene rings is 2. The molecule has 0 atom stereocenters. The van der Waals surface area contributed by atoms with Gasteiger partial charge in [0, 0.05) is 18.8 Å². The predicted octanol–water partition coefficient (Wildman–Crippen LogP) is 2.76. The summed E-state index contributed by atoms with van der Waals surface area (Å²) >= 11 is 0. The van der Waals surface area contributed by atoms with E-state index in [-0.39, 0.29) is 5.91 Å². The summed E-state index contributed by atoms with van der Waals surface area (Å²) in [6, 6.07) is 17.0. The number of rotatable bonds is 5. The van der Waals surface area contributed by atoms with Gasteiger partial charge in [-0.3, -0.25) is 4.79 Å². The molecule has 1 N–H and O–H groups in total. The lowest BCUT2D eigenvalue weighted by atomic mass is 9.86. The molecule has 0 bridgehead atoms. The Morgan fingerprint density at radius 3 is 2.28 bits per heavy atom. The van der Waals surface area contributed by atoms with Crippen molar-refractivity contribution >= 4 is 21.6 Å². The Morgan fingerprint density at radius 2 is 1.66 bits per heavy atom. The second-order valence-corrected chi connectivity index (χ2v) is 9.70. The Hall–Kier alpha value is -2.38. The Bertz CT molecular complexity index is 966. The van der Waals surface area contributed by atoms with Crippen LogP contribution in [0.5, 0.6) is 0 Å². The van der Waals surface area contributed by atoms with E-state index in [1.54, 1.807) is 12.1 Å². The number of anilines is 1. The van der Waals surface area contributed by atoms with Crippen LogP contribution in [0.4, 0.5) is 5.69 Å². The van der Waals surface area contributed by atoms with Crippen LogP contribution in [0, 0.1) is 0 Å². The fourth-order valence-electron chi connectivity index (χ4n) is 4.39. The number of nitrogens with one attached hydrogen (secondary N) is 1. The molecule has 0 aliphatic carbocycles. The first kappa shape index (κ1) is 19.9. The molecule has 4 rings (SSSR count). The Labute approximate surface area is 172 Å². The summed E-state index contributed by atoms with van der Waals surface area (Å²) in [6.45, 7) is 3.21. The number of piperidine rings is 1. The number of carbonyl (C=O) groups is 1. The molecule has 1 spiro atoms. The first-order valence-corrected chi connectivity index (χ1v) is 11.6. The van der Waals surface area contributed by atoms with Crippen molar-refractivity contribution in [3.05, 3.63) is 60.2 Å². The molecular formula is C22H27N3O3S. The number of amides is 1. The third-order valence-electron chi connectivity index (χ3n) is 6.05. The van der Waals surface area contributed by atoms with Crippen molar-refractivity contribution in [1.29, 1.82) is 0 Å². The number of para-hydroxylation sites is 1. The quantitative estimate of drug-likeness (QED) is 0.818. The zero-order chi connectivity index (χ0) is 20.5. The molecule has 2 aromatic carbocycles. The number of nitrogens with zero attached hydrogens (tertiary/aromatic N) is 2. The molecule has 0 radical (unpaired) electrons. The highest BCUT2D eigenvalue weighted by atomic mass is 32.2. The maximum atomic E-state index is 13.1. The molecule has 1 amide bonds. The molecule has 29 heavy (non-hydrogen) atoms. The fourth-order valence-corrected chi connectivity index (χ4v) is 5.84. The number of hydrogen-bond donors (Lipinski definition) is 1. The number of carbonyl (C=O) groups excluding carboxylic acids is 1. The zero-order valence-electron chi connectivity index (χ0n) is 16.7. The molecule has 154 valence electrons. The highest BCUT2D eigenvalue weighted by Gasteiger charge is 2.51. The Kier molecular flexibility index (Phi) is 5.36. The summed E-state index contributed by atoms with van der Waals surface area (Å²) < 4.78 is 27.7. The average Bonchev–Trinajstić information content (AvgIpc) is 3.05. The maximum absolute atomic E-state index is 13.1. The smallest absolute Gasteiger partial charge is 0.247 e. The van der Waals surface area contributed by atoms with Crippen LogP contribution in [0.1, 0.15) is 31.7 Å². The van der Waals surface area contributed by atoms with Crippen LogP contribution in [-0.2, 0) is 21.2 Å². The number of hydrogen-bond acceptors (Lipinski definition) is 4. The maximum Gasteiger partial charge on any atom is 0.247 e. The molecule has 2 aliphatic rings. The minimum atomic E-state index is -3.56. The number of aryl methyl sites for hydroxylation is 1. The van der Waals surface area contributed by atoms with E-state index in [4.69, 9.17) is 0 Å². The van der Waals surface area contributed by atoms with Crippen LogP contribution < -0.4 is 10.2 Å². The molecule has 0 aromatic heterocycles. The summed E-state index contributed by atoms with van der Waals surface area (Å²) in [6.07, 6.45) is 2.92. The van der Waals surface area contributed by atoms with E-state index < -0.39 is 15.6 Å². The first-order chi connectivity index (χ1) is 14.0. The monoisotopic (exact) mass is 413 g/mol. The van der Waals surface area contributed by atoms with Gasteiger partial charge in [0.1, 0.15) is 5.54 Å². The van der Waals surface area contributed by atoms with Crippen LogP contribution >= 0.6 is 0 Å². The van der Waals surface area contributed by atoms with E-state index in [9.17, 15) is 13.2 Å². The Morgan fingerprint density at radius 1 is 1.00 bits per heavy atom. The van der Waals surface area contributed by atoms with Gasteiger partial charge in [-0.1, -0.05) is 43.7 Å². The van der Waals surface area contributed by atoms with E-state index in [1.807, 2.05) is 42.5 Å². The van der Waals surface area contributed by atoms with Gasteiger partial charge in [0.2, 0.25) is 15.9 Å². The third kappa shape index (κ3) is 3.53. The molecule has 0 saturated carbocycles. The van der Waals surface area contributed by atoms with Crippen LogP contribution in [0.15, 0.2) is 59.5 Å². The van der Waals surface area contributed by atoms with Gasteiger partial charge in [-0.15, -0.1) is 0 Å². The molecule has 2 heterocycles. The minimum Gasteiger partial charge on any atom is -0.339 e. The van der Waals surface area contributed by atoms with Gasteiger partial charge < -0.3 is 10.2 Å². The van der Waals surface area contributed by atoms with E-state index in [0.29, 0.717) is 37.5 Å². The zero-order valence-corrected chi connectivity index (χ0v) is 17.5. The average molecular weight is 414 g/mol. The standard InChI is InChI=1S/C22H27N3O3S/c1-2-6-18-9-11-20(12-10-18)29(27,28)24-15-13-22(14-16-24)21(26)23-17-25(22)19-7-4-3-5-8-19/h3-5,7-12H,2,6,13-17H2,1H3,(H,23,26). The van der Waals surface area contributed by atoms with Crippen molar-refractivity contribution in [2.75, 3.05) is 24.7 Å². The van der Waals surface area contributed by atoms with E-state index >= 15 is 0 Å². The second kappa shape index (κ2) is 7.80. The predicted molar refractivity (Wildman–Crippen MR) is 113 cm³/mol. The Balaban J connectivity index is 1.52. The van der Waals surface area contributed by atoms with E-state index in [1.165, 1.54) is 4.31 Å². The summed E-state index contributed by atoms with van der Waals surface area (Å²) in [5, 5.41) is 2.95. The van der Waals surface area contributed by atoms with Crippen LogP contribution in [0.3, 0.4) is 0 Å². The van der Waals surface area contributed by atoms with Gasteiger partial charge in [-0.05, 0) is 49.1 Å². The summed E-state index contributed by atoms with van der Waals surface area (Å²) in [5.41, 5.74) is 1.44. The van der Waals surface area contributed by atoms with Gasteiger partial charge in [-0.2, -0.15) is 4.31 Å². The summed E-state index contributed by atoms with van der Waals surface area (Å²) in [4.78, 5) is 15.1. The topological polar surface area (TPSA) is 69.7 Å². The first-order valence-electron chi connectivity index (χ1n) is 10.2. The molecule has 2 fully saturated rings. The number of sulfonamides is 1. The SMILES string of the molecule is CCCc1ccc(S(=O)(=O)N2CCC3(CC2)C(=O)NCN3c2ccccc2)cc1. The van der Waals surface area contributed by atoms with Crippen molar-refractivity contribution in [3.63, 3.8) is 0 Å². The van der Waals surface area contributed by atoms with Gasteiger partial charge in [0.25, 0.3) is 0 Å². The largest absolute Gasteiger partial charge is 0.339 e. The summed E-state index contributed by atoms with van der Waals surface area (Å²) in [5.74, 6) is -0.0117. The molecular weight excluding hydrogens is 386 g/mol. The normalized spacial score (nSPS) is 19.5. The van der Waals surface area contributed by atoms with Crippen molar-refractivity contribution in [1.82, 2.24) is 9.62 Å². The van der Waals surface area contributed by atoms with Crippen LogP contribution in [0.2, 0.25) is 0 Å². The lowest BCUT2D eigenvalue weighted by Crippen LogP contribution is -2.57. The highest BCUT2D eigenvalue weighted by molar-refractivity contribution is 7.89. The highest BCUT2D eigenvalue weighted by Crippen LogP contribution is 2.37. The molecule has 6 nitrogen and oxygen atoms in total. The van der Waals surface area contributed by atoms with E-state index in [2.05, 4.69) is 17.1 Å². The van der Waals surface area contributed by atoms with Crippen molar-refractivity contribution in [2.45, 2.75) is 43.0 Å². The molecule has 0 unspecified atom stereocenters. The van der Waals surface area contributed by atoms with Crippen LogP contribution in [0.25, 0.3) is 0 Å². The van der Waals surface area contributed by atoms with Gasteiger partial charge in [0.15, 0.2) is 0 Å². The van der Waals surface area contributed by atoms with Gasteiger partial charge in [-0.25, -0.2) is 8.42 Å². The van der Waals surface area contributed by atoms with E-state index in [0.717, 1.165) is 24.1 Å². The summed E-state index contributed by atoms with van der Waals surface area (Å²) in [7, 11) is -3.56. The molecule has 2 aromatic rings. The van der Waals surface area contributed by atoms with Crippen molar-refractivity contribution in [2.24, 2.45) is 0 Å². The lowest BCUT2D eigenvalue weighted by molar-refractivity contribution is -0.124.